The average molecular weight is 432 g/mol. The molecule has 0 unspecified atom stereocenters. The Morgan fingerprint density at radius 1 is 0.968 bits per heavy atom. The summed E-state index contributed by atoms with van der Waals surface area (Å²) in [4.78, 5) is 29.4. The predicted molar refractivity (Wildman–Crippen MR) is 122 cm³/mol. The molecular formula is C24H18ClN3O3. The SMILES string of the molecule is COc1ccc(-c2cc(C(=O)Nc3ccc(Cl)c(C(N)=O)c3)c3ccccc3n2)cc1. The van der Waals surface area contributed by atoms with Crippen LogP contribution in [0.3, 0.4) is 0 Å². The van der Waals surface area contributed by atoms with Gasteiger partial charge in [-0.05, 0) is 54.6 Å². The summed E-state index contributed by atoms with van der Waals surface area (Å²) in [5.41, 5.74) is 8.54. The minimum atomic E-state index is -0.669. The molecule has 1 aromatic heterocycles. The molecule has 154 valence electrons. The summed E-state index contributed by atoms with van der Waals surface area (Å²) in [6.07, 6.45) is 0. The first-order chi connectivity index (χ1) is 15.0. The van der Waals surface area contributed by atoms with Gasteiger partial charge in [-0.25, -0.2) is 4.98 Å². The highest BCUT2D eigenvalue weighted by molar-refractivity contribution is 6.34. The Kier molecular flexibility index (Phi) is 5.56. The molecule has 4 rings (SSSR count). The third-order valence-electron chi connectivity index (χ3n) is 4.84. The molecule has 6 nitrogen and oxygen atoms in total. The van der Waals surface area contributed by atoms with Crippen LogP contribution in [0.15, 0.2) is 72.8 Å². The second-order valence-corrected chi connectivity index (χ2v) is 7.22. The number of nitrogens with two attached hydrogens (primary N) is 1. The zero-order valence-corrected chi connectivity index (χ0v) is 17.3. The van der Waals surface area contributed by atoms with E-state index in [2.05, 4.69) is 5.32 Å². The lowest BCUT2D eigenvalue weighted by Crippen LogP contribution is -2.15. The highest BCUT2D eigenvalue weighted by Gasteiger charge is 2.16. The molecule has 0 aliphatic carbocycles. The number of carbonyl (C=O) groups excluding carboxylic acids is 2. The fourth-order valence-electron chi connectivity index (χ4n) is 3.26. The highest BCUT2D eigenvalue weighted by Crippen LogP contribution is 2.27. The van der Waals surface area contributed by atoms with Gasteiger partial charge in [0.1, 0.15) is 5.75 Å². The van der Waals surface area contributed by atoms with Crippen molar-refractivity contribution in [2.75, 3.05) is 12.4 Å². The Hall–Kier alpha value is -3.90. The molecule has 3 aromatic carbocycles. The number of benzene rings is 3. The zero-order valence-electron chi connectivity index (χ0n) is 16.6. The zero-order chi connectivity index (χ0) is 22.0. The number of nitrogens with zero attached hydrogens (tertiary/aromatic N) is 1. The standard InChI is InChI=1S/C24H18ClN3O3/c1-31-16-9-6-14(7-10-16)22-13-18(17-4-2-3-5-21(17)28-22)24(30)27-15-8-11-20(25)19(12-15)23(26)29/h2-13H,1H3,(H2,26,29)(H,27,30). The fraction of sp³-hybridized carbons (Fsp3) is 0.0417. The molecular weight excluding hydrogens is 414 g/mol. The number of primary amides is 1. The normalized spacial score (nSPS) is 10.6. The molecule has 4 aromatic rings. The van der Waals surface area contributed by atoms with Crippen LogP contribution in [0.1, 0.15) is 20.7 Å². The molecule has 0 aliphatic heterocycles. The van der Waals surface area contributed by atoms with E-state index in [4.69, 9.17) is 27.1 Å². The Bertz CT molecular complexity index is 1300. The topological polar surface area (TPSA) is 94.3 Å². The number of rotatable bonds is 5. The van der Waals surface area contributed by atoms with Gasteiger partial charge >= 0.3 is 0 Å². The van der Waals surface area contributed by atoms with E-state index in [1.807, 2.05) is 48.5 Å². The molecule has 0 atom stereocenters. The van der Waals surface area contributed by atoms with E-state index in [0.717, 1.165) is 11.3 Å². The van der Waals surface area contributed by atoms with Crippen molar-refractivity contribution < 1.29 is 14.3 Å². The second-order valence-electron chi connectivity index (χ2n) is 6.81. The number of halogens is 1. The van der Waals surface area contributed by atoms with Crippen molar-refractivity contribution in [3.05, 3.63) is 88.9 Å². The van der Waals surface area contributed by atoms with E-state index in [9.17, 15) is 9.59 Å². The summed E-state index contributed by atoms with van der Waals surface area (Å²) in [5, 5.41) is 3.75. The van der Waals surface area contributed by atoms with Crippen LogP contribution in [0.2, 0.25) is 5.02 Å². The summed E-state index contributed by atoms with van der Waals surface area (Å²) in [7, 11) is 1.60. The number of hydrogen-bond donors (Lipinski definition) is 2. The first-order valence-corrected chi connectivity index (χ1v) is 9.79. The fourth-order valence-corrected chi connectivity index (χ4v) is 3.47. The van der Waals surface area contributed by atoms with Crippen LogP contribution in [-0.2, 0) is 0 Å². The lowest BCUT2D eigenvalue weighted by molar-refractivity contribution is 0.0996. The molecule has 2 amide bonds. The maximum absolute atomic E-state index is 13.2. The van der Waals surface area contributed by atoms with Crippen molar-refractivity contribution in [1.29, 1.82) is 0 Å². The molecule has 0 saturated heterocycles. The van der Waals surface area contributed by atoms with Crippen LogP contribution in [0.5, 0.6) is 5.75 Å². The molecule has 7 heteroatoms. The third-order valence-corrected chi connectivity index (χ3v) is 5.17. The number of ether oxygens (including phenoxy) is 1. The average Bonchev–Trinajstić information content (AvgIpc) is 2.79. The summed E-state index contributed by atoms with van der Waals surface area (Å²) in [5.74, 6) is -0.279. The van der Waals surface area contributed by atoms with Crippen LogP contribution in [0.25, 0.3) is 22.2 Å². The van der Waals surface area contributed by atoms with E-state index in [1.165, 1.54) is 12.1 Å². The van der Waals surface area contributed by atoms with Crippen LogP contribution in [-0.4, -0.2) is 23.9 Å². The van der Waals surface area contributed by atoms with Crippen LogP contribution in [0, 0.1) is 0 Å². The third kappa shape index (κ3) is 4.20. The minimum absolute atomic E-state index is 0.137. The van der Waals surface area contributed by atoms with Gasteiger partial charge < -0.3 is 15.8 Å². The van der Waals surface area contributed by atoms with Crippen molar-refractivity contribution in [3.63, 3.8) is 0 Å². The van der Waals surface area contributed by atoms with Crippen molar-refractivity contribution in [2.45, 2.75) is 0 Å². The Morgan fingerprint density at radius 3 is 2.42 bits per heavy atom. The number of carbonyl (C=O) groups is 2. The van der Waals surface area contributed by atoms with Crippen molar-refractivity contribution >= 4 is 40.0 Å². The van der Waals surface area contributed by atoms with Crippen LogP contribution >= 0.6 is 11.6 Å². The van der Waals surface area contributed by atoms with E-state index in [-0.39, 0.29) is 16.5 Å². The molecule has 0 saturated carbocycles. The van der Waals surface area contributed by atoms with Gasteiger partial charge in [0.25, 0.3) is 5.91 Å². The van der Waals surface area contributed by atoms with Gasteiger partial charge in [-0.3, -0.25) is 9.59 Å². The molecule has 1 heterocycles. The van der Waals surface area contributed by atoms with E-state index in [1.54, 1.807) is 19.2 Å². The molecule has 0 aliphatic rings. The van der Waals surface area contributed by atoms with Crippen LogP contribution in [0.4, 0.5) is 5.69 Å². The highest BCUT2D eigenvalue weighted by atomic mass is 35.5. The van der Waals surface area contributed by atoms with Crippen LogP contribution < -0.4 is 15.8 Å². The summed E-state index contributed by atoms with van der Waals surface area (Å²) >= 11 is 6.00. The molecule has 0 radical (unpaired) electrons. The molecule has 0 bridgehead atoms. The number of hydrogen-bond acceptors (Lipinski definition) is 4. The summed E-state index contributed by atoms with van der Waals surface area (Å²) in [6, 6.07) is 21.2. The quantitative estimate of drug-likeness (QED) is 0.469. The van der Waals surface area contributed by atoms with Crippen molar-refractivity contribution in [2.24, 2.45) is 5.73 Å². The Morgan fingerprint density at radius 2 is 1.71 bits per heavy atom. The number of anilines is 1. The van der Waals surface area contributed by atoms with Gasteiger partial charge in [0.2, 0.25) is 5.91 Å². The van der Waals surface area contributed by atoms with E-state index >= 15 is 0 Å². The number of aromatic nitrogens is 1. The van der Waals surface area contributed by atoms with E-state index < -0.39 is 5.91 Å². The Labute approximate surface area is 183 Å². The van der Waals surface area contributed by atoms with Gasteiger partial charge in [0.05, 0.1) is 34.5 Å². The number of fused-ring (bicyclic) bond motifs is 1. The number of amides is 2. The van der Waals surface area contributed by atoms with Gasteiger partial charge in [-0.1, -0.05) is 29.8 Å². The van der Waals surface area contributed by atoms with Gasteiger partial charge in [0, 0.05) is 16.6 Å². The van der Waals surface area contributed by atoms with Gasteiger partial charge in [0.15, 0.2) is 0 Å². The van der Waals surface area contributed by atoms with Gasteiger partial charge in [-0.2, -0.15) is 0 Å². The number of nitrogens with one attached hydrogen (secondary N) is 1. The number of para-hydroxylation sites is 1. The molecule has 31 heavy (non-hydrogen) atoms. The summed E-state index contributed by atoms with van der Waals surface area (Å²) < 4.78 is 5.21. The first-order valence-electron chi connectivity index (χ1n) is 9.41. The molecule has 3 N–H and O–H groups in total. The van der Waals surface area contributed by atoms with Gasteiger partial charge in [-0.15, -0.1) is 0 Å². The van der Waals surface area contributed by atoms with Crippen molar-refractivity contribution in [3.8, 4) is 17.0 Å². The molecule has 0 spiro atoms. The smallest absolute Gasteiger partial charge is 0.256 e. The summed E-state index contributed by atoms with van der Waals surface area (Å²) in [6.45, 7) is 0. The van der Waals surface area contributed by atoms with E-state index in [0.29, 0.717) is 27.8 Å². The maximum Gasteiger partial charge on any atom is 0.256 e. The monoisotopic (exact) mass is 431 g/mol. The Balaban J connectivity index is 1.76. The predicted octanol–water partition coefficient (Wildman–Crippen LogP) is 4.92. The lowest BCUT2D eigenvalue weighted by atomic mass is 10.0. The maximum atomic E-state index is 13.2. The largest absolute Gasteiger partial charge is 0.497 e. The number of methoxy groups -OCH3 is 1. The molecule has 0 fully saturated rings. The first kappa shape index (κ1) is 20.4. The minimum Gasteiger partial charge on any atom is -0.497 e. The number of pyridine rings is 1. The van der Waals surface area contributed by atoms with Crippen molar-refractivity contribution in [1.82, 2.24) is 4.98 Å². The second kappa shape index (κ2) is 8.45. The lowest BCUT2D eigenvalue weighted by Gasteiger charge is -2.12.